The summed E-state index contributed by atoms with van der Waals surface area (Å²) < 4.78 is 5.85. The van der Waals surface area contributed by atoms with Gasteiger partial charge in [-0.3, -0.25) is 14.4 Å². The SMILES string of the molecule is CN(C(=O)Cc1ccc2nc(Nc3ccccc3Cl)oc2c1)c1ccc(C2CN(C(=O)c3cccs3)CC2C(=O)O)cc1. The number of nitrogens with one attached hydrogen (secondary N) is 1. The minimum Gasteiger partial charge on any atom is -0.481 e. The third kappa shape index (κ3) is 5.97. The topological polar surface area (TPSA) is 116 Å². The molecule has 43 heavy (non-hydrogen) atoms. The Balaban J connectivity index is 1.12. The number of halogens is 1. The zero-order valence-electron chi connectivity index (χ0n) is 23.1. The highest BCUT2D eigenvalue weighted by atomic mass is 35.5. The number of fused-ring (bicyclic) bond motifs is 1. The summed E-state index contributed by atoms with van der Waals surface area (Å²) >= 11 is 7.56. The predicted molar refractivity (Wildman–Crippen MR) is 166 cm³/mol. The number of aromatic nitrogens is 1. The van der Waals surface area contributed by atoms with Gasteiger partial charge in [-0.05, 0) is 59.0 Å². The molecular weight excluding hydrogens is 588 g/mol. The summed E-state index contributed by atoms with van der Waals surface area (Å²) in [6.07, 6.45) is 0.145. The van der Waals surface area contributed by atoms with Crippen LogP contribution in [0.3, 0.4) is 0 Å². The number of aliphatic carboxylic acids is 1. The number of anilines is 3. The molecule has 0 bridgehead atoms. The van der Waals surface area contributed by atoms with E-state index in [2.05, 4.69) is 10.3 Å². The summed E-state index contributed by atoms with van der Waals surface area (Å²) in [5.41, 5.74) is 4.13. The molecule has 1 aliphatic rings. The van der Waals surface area contributed by atoms with Gasteiger partial charge in [0.15, 0.2) is 5.58 Å². The first kappa shape index (κ1) is 28.4. The van der Waals surface area contributed by atoms with Crippen molar-refractivity contribution in [2.45, 2.75) is 12.3 Å². The molecule has 3 heterocycles. The third-order valence-electron chi connectivity index (χ3n) is 7.66. The molecule has 2 amide bonds. The van der Waals surface area contributed by atoms with Crippen LogP contribution < -0.4 is 10.2 Å². The first-order chi connectivity index (χ1) is 20.8. The lowest BCUT2D eigenvalue weighted by molar-refractivity contribution is -0.141. The van der Waals surface area contributed by atoms with Crippen LogP contribution in [-0.2, 0) is 16.0 Å². The van der Waals surface area contributed by atoms with Gasteiger partial charge in [0.1, 0.15) is 5.52 Å². The molecule has 1 aliphatic heterocycles. The van der Waals surface area contributed by atoms with E-state index < -0.39 is 11.9 Å². The number of likely N-dealkylation sites (N-methyl/N-ethyl adjacent to an activating group) is 1. The monoisotopic (exact) mass is 614 g/mol. The normalized spacial score (nSPS) is 16.4. The second kappa shape index (κ2) is 11.9. The molecule has 2 unspecified atom stereocenters. The van der Waals surface area contributed by atoms with Crippen molar-refractivity contribution in [3.05, 3.63) is 105 Å². The Labute approximate surface area is 256 Å². The van der Waals surface area contributed by atoms with Crippen LogP contribution in [0.15, 0.2) is 88.7 Å². The van der Waals surface area contributed by atoms with Gasteiger partial charge in [-0.1, -0.05) is 48.0 Å². The Morgan fingerprint density at radius 3 is 2.58 bits per heavy atom. The molecule has 1 fully saturated rings. The quantitative estimate of drug-likeness (QED) is 0.207. The van der Waals surface area contributed by atoms with Crippen LogP contribution in [0.4, 0.5) is 17.4 Å². The number of para-hydroxylation sites is 1. The largest absolute Gasteiger partial charge is 0.481 e. The molecule has 2 atom stereocenters. The average Bonchev–Trinajstić information content (AvgIpc) is 3.77. The number of hydrogen-bond acceptors (Lipinski definition) is 7. The molecule has 2 N–H and O–H groups in total. The van der Waals surface area contributed by atoms with Crippen LogP contribution in [0.2, 0.25) is 5.02 Å². The van der Waals surface area contributed by atoms with Crippen molar-refractivity contribution < 1.29 is 23.9 Å². The summed E-state index contributed by atoms with van der Waals surface area (Å²) in [5, 5.41) is 15.3. The van der Waals surface area contributed by atoms with Crippen molar-refractivity contribution in [1.82, 2.24) is 9.88 Å². The van der Waals surface area contributed by atoms with Gasteiger partial charge < -0.3 is 24.6 Å². The molecule has 218 valence electrons. The van der Waals surface area contributed by atoms with Gasteiger partial charge >= 0.3 is 5.97 Å². The van der Waals surface area contributed by atoms with E-state index in [1.54, 1.807) is 47.2 Å². The van der Waals surface area contributed by atoms with Crippen molar-refractivity contribution in [3.8, 4) is 0 Å². The molecule has 2 aromatic heterocycles. The number of carboxylic acids is 1. The number of carboxylic acid groups (broad SMARTS) is 1. The molecule has 11 heteroatoms. The standard InChI is InChI=1S/C32H27ClN4O5S/c1-36(29(38)16-19-8-13-26-27(15-19)42-32(35-26)34-25-6-3-2-5-24(25)33)21-11-9-20(10-12-21)22-17-37(18-23(22)31(40)41)30(39)28-7-4-14-43-28/h2-15,22-23H,16-18H2,1H3,(H,34,35)(H,40,41). The van der Waals surface area contributed by atoms with E-state index in [1.807, 2.05) is 53.9 Å². The fraction of sp³-hybridized carbons (Fsp3) is 0.188. The van der Waals surface area contributed by atoms with Gasteiger partial charge in [-0.15, -0.1) is 11.3 Å². The van der Waals surface area contributed by atoms with Crippen molar-refractivity contribution in [1.29, 1.82) is 0 Å². The molecule has 6 rings (SSSR count). The summed E-state index contributed by atoms with van der Waals surface area (Å²) in [5.74, 6) is -2.26. The number of carbonyl (C=O) groups is 3. The van der Waals surface area contributed by atoms with E-state index in [1.165, 1.54) is 11.3 Å². The smallest absolute Gasteiger partial charge is 0.308 e. The molecule has 0 aliphatic carbocycles. The van der Waals surface area contributed by atoms with E-state index in [4.69, 9.17) is 16.0 Å². The number of hydrogen-bond donors (Lipinski definition) is 2. The summed E-state index contributed by atoms with van der Waals surface area (Å²) in [6.45, 7) is 0.478. The lowest BCUT2D eigenvalue weighted by Crippen LogP contribution is -2.29. The van der Waals surface area contributed by atoms with Crippen molar-refractivity contribution in [2.75, 3.05) is 30.4 Å². The summed E-state index contributed by atoms with van der Waals surface area (Å²) in [4.78, 5) is 46.3. The van der Waals surface area contributed by atoms with Gasteiger partial charge in [0.25, 0.3) is 11.9 Å². The van der Waals surface area contributed by atoms with Gasteiger partial charge in [0.05, 0.1) is 27.9 Å². The molecule has 9 nitrogen and oxygen atoms in total. The second-order valence-corrected chi connectivity index (χ2v) is 11.7. The molecule has 1 saturated heterocycles. The highest BCUT2D eigenvalue weighted by Gasteiger charge is 2.40. The van der Waals surface area contributed by atoms with Crippen molar-refractivity contribution in [2.24, 2.45) is 5.92 Å². The van der Waals surface area contributed by atoms with E-state index in [9.17, 15) is 19.5 Å². The Morgan fingerprint density at radius 2 is 1.86 bits per heavy atom. The van der Waals surface area contributed by atoms with Crippen LogP contribution in [-0.4, -0.2) is 52.9 Å². The molecule has 3 aromatic carbocycles. The van der Waals surface area contributed by atoms with Crippen molar-refractivity contribution in [3.63, 3.8) is 0 Å². The van der Waals surface area contributed by atoms with Crippen LogP contribution in [0, 0.1) is 5.92 Å². The maximum absolute atomic E-state index is 13.2. The molecule has 5 aromatic rings. The van der Waals surface area contributed by atoms with Crippen LogP contribution in [0.1, 0.15) is 26.7 Å². The molecule has 0 radical (unpaired) electrons. The molecule has 0 saturated carbocycles. The summed E-state index contributed by atoms with van der Waals surface area (Å²) in [7, 11) is 1.70. The lowest BCUT2D eigenvalue weighted by Gasteiger charge is -2.20. The number of nitrogens with zero attached hydrogens (tertiary/aromatic N) is 3. The van der Waals surface area contributed by atoms with E-state index in [0.29, 0.717) is 44.9 Å². The third-order valence-corrected chi connectivity index (χ3v) is 8.85. The first-order valence-corrected chi connectivity index (χ1v) is 14.9. The first-order valence-electron chi connectivity index (χ1n) is 13.6. The Morgan fingerprint density at radius 1 is 1.07 bits per heavy atom. The number of amides is 2. The Kier molecular flexibility index (Phi) is 7.88. The van der Waals surface area contributed by atoms with Crippen LogP contribution in [0.5, 0.6) is 0 Å². The Bertz CT molecular complexity index is 1800. The average molecular weight is 615 g/mol. The van der Waals surface area contributed by atoms with E-state index in [0.717, 1.165) is 11.1 Å². The number of carbonyl (C=O) groups excluding carboxylic acids is 2. The fourth-order valence-corrected chi connectivity index (χ4v) is 6.18. The highest BCUT2D eigenvalue weighted by molar-refractivity contribution is 7.12. The predicted octanol–water partition coefficient (Wildman–Crippen LogP) is 6.43. The number of rotatable bonds is 8. The summed E-state index contributed by atoms with van der Waals surface area (Å²) in [6, 6.07) is 23.9. The lowest BCUT2D eigenvalue weighted by atomic mass is 9.89. The number of benzene rings is 3. The zero-order chi connectivity index (χ0) is 30.1. The maximum atomic E-state index is 13.2. The molecular formula is C32H27ClN4O5S. The van der Waals surface area contributed by atoms with Crippen LogP contribution >= 0.6 is 22.9 Å². The minimum absolute atomic E-state index is 0.127. The van der Waals surface area contributed by atoms with Gasteiger partial charge in [0, 0.05) is 31.7 Å². The van der Waals surface area contributed by atoms with E-state index in [-0.39, 0.29) is 30.7 Å². The van der Waals surface area contributed by atoms with Crippen molar-refractivity contribution >= 4 is 69.2 Å². The zero-order valence-corrected chi connectivity index (χ0v) is 24.6. The van der Waals surface area contributed by atoms with E-state index >= 15 is 0 Å². The Hall–Kier alpha value is -4.67. The minimum atomic E-state index is -0.932. The number of likely N-dealkylation sites (tertiary alicyclic amines) is 1. The second-order valence-electron chi connectivity index (χ2n) is 10.4. The van der Waals surface area contributed by atoms with Gasteiger partial charge in [0.2, 0.25) is 5.91 Å². The number of oxazole rings is 1. The molecule has 0 spiro atoms. The number of thiophene rings is 1. The fourth-order valence-electron chi connectivity index (χ4n) is 5.31. The highest BCUT2D eigenvalue weighted by Crippen LogP contribution is 2.35. The van der Waals surface area contributed by atoms with Crippen LogP contribution in [0.25, 0.3) is 11.1 Å². The van der Waals surface area contributed by atoms with Gasteiger partial charge in [-0.2, -0.15) is 4.98 Å². The van der Waals surface area contributed by atoms with Gasteiger partial charge in [-0.25, -0.2) is 0 Å². The maximum Gasteiger partial charge on any atom is 0.308 e.